The molecule has 0 unspecified atom stereocenters. The number of amides is 2. The van der Waals surface area contributed by atoms with Gasteiger partial charge >= 0.3 is 6.03 Å². The molecule has 0 aliphatic heterocycles. The number of hydrogen-bond donors (Lipinski definition) is 3. The summed E-state index contributed by atoms with van der Waals surface area (Å²) >= 11 is 0. The Morgan fingerprint density at radius 3 is 2.59 bits per heavy atom. The van der Waals surface area contributed by atoms with Crippen LogP contribution in [0.25, 0.3) is 16.8 Å². The Balaban J connectivity index is 1.80. The van der Waals surface area contributed by atoms with Crippen LogP contribution in [0.1, 0.15) is 20.8 Å². The summed E-state index contributed by atoms with van der Waals surface area (Å²) in [4.78, 5) is 22.4. The lowest BCUT2D eigenvalue weighted by molar-refractivity contribution is 0.250. The Hall–Kier alpha value is -3.09. The number of nitrogens with one attached hydrogen (secondary N) is 3. The van der Waals surface area contributed by atoms with Crippen molar-refractivity contribution in [3.8, 4) is 11.1 Å². The maximum atomic E-state index is 12.6. The second kappa shape index (κ2) is 9.18. The lowest BCUT2D eigenvalue weighted by Crippen LogP contribution is -2.40. The number of carbonyl (C=O) groups is 1. The average Bonchev–Trinajstić information content (AvgIpc) is 3.07. The van der Waals surface area contributed by atoms with E-state index in [1.807, 2.05) is 19.0 Å². The molecular formula is C20H28N8O3S. The molecule has 0 saturated carbocycles. The molecule has 11 nitrogen and oxygen atoms in total. The largest absolute Gasteiger partial charge is 0.337 e. The van der Waals surface area contributed by atoms with Gasteiger partial charge in [-0.3, -0.25) is 10.3 Å². The summed E-state index contributed by atoms with van der Waals surface area (Å²) in [5.41, 5.74) is 1.22. The van der Waals surface area contributed by atoms with Gasteiger partial charge in [0.15, 0.2) is 5.65 Å². The summed E-state index contributed by atoms with van der Waals surface area (Å²) in [6.45, 7) is 6.52. The molecular weight excluding hydrogens is 432 g/mol. The predicted molar refractivity (Wildman–Crippen MR) is 122 cm³/mol. The van der Waals surface area contributed by atoms with E-state index < -0.39 is 21.6 Å². The van der Waals surface area contributed by atoms with Gasteiger partial charge in [-0.2, -0.15) is 4.98 Å². The first-order chi connectivity index (χ1) is 14.9. The van der Waals surface area contributed by atoms with Crippen LogP contribution in [0.3, 0.4) is 0 Å². The zero-order chi connectivity index (χ0) is 23.5. The van der Waals surface area contributed by atoms with Crippen molar-refractivity contribution in [2.24, 2.45) is 0 Å². The summed E-state index contributed by atoms with van der Waals surface area (Å²) < 4.78 is 29.4. The molecule has 0 saturated heterocycles. The van der Waals surface area contributed by atoms with Crippen molar-refractivity contribution in [2.75, 3.05) is 32.5 Å². The summed E-state index contributed by atoms with van der Waals surface area (Å²) in [5.74, 6) is 0.160. The van der Waals surface area contributed by atoms with E-state index in [4.69, 9.17) is 0 Å². The zero-order valence-corrected chi connectivity index (χ0v) is 19.6. The molecule has 3 aromatic rings. The van der Waals surface area contributed by atoms with Gasteiger partial charge in [-0.1, -0.05) is 0 Å². The molecule has 12 heteroatoms. The van der Waals surface area contributed by atoms with Gasteiger partial charge in [0.25, 0.3) is 5.95 Å². The molecule has 3 heterocycles. The number of pyridine rings is 2. The number of anilines is 1. The first kappa shape index (κ1) is 23.6. The van der Waals surface area contributed by atoms with Crippen molar-refractivity contribution in [3.63, 3.8) is 0 Å². The molecule has 0 atom stereocenters. The molecule has 0 radical (unpaired) electrons. The Kier molecular flexibility index (Phi) is 6.77. The summed E-state index contributed by atoms with van der Waals surface area (Å²) in [6.07, 6.45) is 4.58. The predicted octanol–water partition coefficient (Wildman–Crippen LogP) is 1.55. The zero-order valence-electron chi connectivity index (χ0n) is 18.7. The van der Waals surface area contributed by atoms with Gasteiger partial charge < -0.3 is 10.2 Å². The van der Waals surface area contributed by atoms with Crippen LogP contribution in [0.15, 0.2) is 41.7 Å². The molecule has 0 fully saturated rings. The van der Waals surface area contributed by atoms with Gasteiger partial charge in [0.2, 0.25) is 10.0 Å². The number of sulfonamides is 1. The van der Waals surface area contributed by atoms with E-state index in [1.165, 1.54) is 10.7 Å². The van der Waals surface area contributed by atoms with E-state index in [1.54, 1.807) is 51.4 Å². The van der Waals surface area contributed by atoms with Crippen LogP contribution in [0.4, 0.5) is 10.7 Å². The lowest BCUT2D eigenvalue weighted by Gasteiger charge is -2.20. The van der Waals surface area contributed by atoms with Gasteiger partial charge in [-0.05, 0) is 53.1 Å². The summed E-state index contributed by atoms with van der Waals surface area (Å²) in [7, 11) is 0.120. The summed E-state index contributed by atoms with van der Waals surface area (Å²) in [6, 6.07) is 4.68. The minimum Gasteiger partial charge on any atom is -0.337 e. The van der Waals surface area contributed by atoms with Crippen molar-refractivity contribution >= 4 is 27.6 Å². The summed E-state index contributed by atoms with van der Waals surface area (Å²) in [5, 5.41) is 9.61. The van der Waals surface area contributed by atoms with Crippen molar-refractivity contribution in [1.29, 1.82) is 0 Å². The highest BCUT2D eigenvalue weighted by molar-refractivity contribution is 7.89. The minimum atomic E-state index is -3.72. The maximum absolute atomic E-state index is 12.6. The SMILES string of the molecule is CN(C)CCNC(=O)Nc1nc2ccc(-c3cncc(S(=O)(=O)NC(C)(C)C)c3)cn2n1. The fraction of sp³-hybridized carbons (Fsp3) is 0.400. The van der Waals surface area contributed by atoms with Crippen LogP contribution in [0.5, 0.6) is 0 Å². The van der Waals surface area contributed by atoms with Crippen LogP contribution in [-0.4, -0.2) is 71.7 Å². The van der Waals surface area contributed by atoms with Crippen LogP contribution in [0.2, 0.25) is 0 Å². The Morgan fingerprint density at radius 2 is 1.91 bits per heavy atom. The number of fused-ring (bicyclic) bond motifs is 1. The van der Waals surface area contributed by atoms with E-state index in [-0.39, 0.29) is 10.8 Å². The minimum absolute atomic E-state index is 0.0698. The highest BCUT2D eigenvalue weighted by atomic mass is 32.2. The van der Waals surface area contributed by atoms with E-state index in [2.05, 4.69) is 30.4 Å². The van der Waals surface area contributed by atoms with Gasteiger partial charge in [0, 0.05) is 48.3 Å². The maximum Gasteiger partial charge on any atom is 0.321 e. The fourth-order valence-corrected chi connectivity index (χ4v) is 4.24. The third kappa shape index (κ3) is 6.22. The first-order valence-corrected chi connectivity index (χ1v) is 11.5. The normalized spacial score (nSPS) is 12.3. The highest BCUT2D eigenvalue weighted by Crippen LogP contribution is 2.23. The van der Waals surface area contributed by atoms with Crippen molar-refractivity contribution in [2.45, 2.75) is 31.2 Å². The molecule has 172 valence electrons. The molecule has 0 bridgehead atoms. The number of nitrogens with zero attached hydrogens (tertiary/aromatic N) is 5. The molecule has 0 aliphatic rings. The third-order valence-corrected chi connectivity index (χ3v) is 5.92. The third-order valence-electron chi connectivity index (χ3n) is 4.20. The quantitative estimate of drug-likeness (QED) is 0.487. The van der Waals surface area contributed by atoms with Crippen LogP contribution in [-0.2, 0) is 10.0 Å². The molecule has 3 rings (SSSR count). The molecule has 0 spiro atoms. The molecule has 3 N–H and O–H groups in total. The van der Waals surface area contributed by atoms with Crippen LogP contribution in [0, 0.1) is 0 Å². The standard InChI is InChI=1S/C20H28N8O3S/c1-20(2,3)26-32(30,31)16-10-15(11-21-12-16)14-6-7-17-23-18(25-28(17)13-14)24-19(29)22-8-9-27(4)5/h6-7,10-13,26H,8-9H2,1-5H3,(H2,22,24,25,29). The molecule has 2 amide bonds. The molecule has 0 aliphatic carbocycles. The van der Waals surface area contributed by atoms with E-state index in [0.717, 1.165) is 0 Å². The average molecular weight is 461 g/mol. The Labute approximate surface area is 187 Å². The van der Waals surface area contributed by atoms with Crippen molar-refractivity contribution < 1.29 is 13.2 Å². The second-order valence-electron chi connectivity index (χ2n) is 8.60. The number of aromatic nitrogens is 4. The Morgan fingerprint density at radius 1 is 1.16 bits per heavy atom. The van der Waals surface area contributed by atoms with E-state index in [9.17, 15) is 13.2 Å². The molecule has 32 heavy (non-hydrogen) atoms. The van der Waals surface area contributed by atoms with Gasteiger partial charge in [-0.15, -0.1) is 5.10 Å². The lowest BCUT2D eigenvalue weighted by atomic mass is 10.1. The number of hydrogen-bond acceptors (Lipinski definition) is 7. The Bertz CT molecular complexity index is 1220. The number of urea groups is 1. The second-order valence-corrected chi connectivity index (χ2v) is 10.3. The van der Waals surface area contributed by atoms with Crippen molar-refractivity contribution in [3.05, 3.63) is 36.8 Å². The van der Waals surface area contributed by atoms with Crippen LogP contribution < -0.4 is 15.4 Å². The first-order valence-electron chi connectivity index (χ1n) is 9.98. The smallest absolute Gasteiger partial charge is 0.321 e. The van der Waals surface area contributed by atoms with E-state index in [0.29, 0.717) is 29.9 Å². The van der Waals surface area contributed by atoms with Crippen LogP contribution >= 0.6 is 0 Å². The number of rotatable bonds is 7. The van der Waals surface area contributed by atoms with E-state index >= 15 is 0 Å². The fourth-order valence-electron chi connectivity index (χ4n) is 2.83. The molecule has 0 aromatic carbocycles. The van der Waals surface area contributed by atoms with Gasteiger partial charge in [0.1, 0.15) is 4.90 Å². The van der Waals surface area contributed by atoms with Crippen molar-refractivity contribution in [1.82, 2.24) is 34.5 Å². The molecule has 3 aromatic heterocycles. The number of likely N-dealkylation sites (N-methyl/N-ethyl adjacent to an activating group) is 1. The highest BCUT2D eigenvalue weighted by Gasteiger charge is 2.22. The number of carbonyl (C=O) groups excluding carboxylic acids is 1. The van der Waals surface area contributed by atoms with Gasteiger partial charge in [0.05, 0.1) is 0 Å². The monoisotopic (exact) mass is 460 g/mol. The van der Waals surface area contributed by atoms with Gasteiger partial charge in [-0.25, -0.2) is 22.4 Å². The topological polar surface area (TPSA) is 134 Å².